The normalized spacial score (nSPS) is 17.6. The van der Waals surface area contributed by atoms with Crippen LogP contribution in [0, 0.1) is 17.5 Å². The van der Waals surface area contributed by atoms with E-state index in [1.807, 2.05) is 0 Å². The largest absolute Gasteiger partial charge is 0.489 e. The number of aliphatic hydroxyl groups excluding tert-OH is 1. The zero-order chi connectivity index (χ0) is 30.5. The Kier molecular flexibility index (Phi) is 7.84. The molecule has 0 radical (unpaired) electrons. The van der Waals surface area contributed by atoms with Crippen LogP contribution < -0.4 is 14.8 Å². The maximum Gasteiger partial charge on any atom is 0.265 e. The van der Waals surface area contributed by atoms with Gasteiger partial charge in [0.2, 0.25) is 5.95 Å². The summed E-state index contributed by atoms with van der Waals surface area (Å²) in [5.74, 6) is -2.99. The van der Waals surface area contributed by atoms with Crippen molar-refractivity contribution >= 4 is 44.2 Å². The Balaban J connectivity index is 1.30. The third kappa shape index (κ3) is 5.69. The predicted molar refractivity (Wildman–Crippen MR) is 156 cm³/mol. The summed E-state index contributed by atoms with van der Waals surface area (Å²) in [7, 11) is -4.52. The zero-order valence-electron chi connectivity index (χ0n) is 22.9. The second-order valence-corrected chi connectivity index (χ2v) is 12.6. The lowest BCUT2D eigenvalue weighted by Gasteiger charge is -2.31. The second-order valence-electron chi connectivity index (χ2n) is 10.5. The molecule has 1 fully saturated rings. The highest BCUT2D eigenvalue weighted by Gasteiger charge is 2.32. The molecule has 1 aromatic heterocycles. The van der Waals surface area contributed by atoms with E-state index in [9.17, 15) is 13.5 Å². The molecule has 2 aliphatic heterocycles. The van der Waals surface area contributed by atoms with E-state index in [1.54, 1.807) is 0 Å². The predicted octanol–water partition coefficient (Wildman–Crippen LogP) is 5.49. The summed E-state index contributed by atoms with van der Waals surface area (Å²) >= 11 is 6.06. The summed E-state index contributed by atoms with van der Waals surface area (Å²) < 4.78 is 80.0. The maximum atomic E-state index is 15.8. The highest BCUT2D eigenvalue weighted by atomic mass is 35.5. The summed E-state index contributed by atoms with van der Waals surface area (Å²) in [5.41, 5.74) is -1.26. The van der Waals surface area contributed by atoms with Crippen LogP contribution in [0.3, 0.4) is 0 Å². The van der Waals surface area contributed by atoms with Crippen LogP contribution in [0.2, 0.25) is 5.02 Å². The van der Waals surface area contributed by atoms with Crippen molar-refractivity contribution in [3.8, 4) is 16.9 Å². The molecule has 0 amide bonds. The van der Waals surface area contributed by atoms with Gasteiger partial charge in [-0.3, -0.25) is 4.72 Å². The van der Waals surface area contributed by atoms with Crippen LogP contribution >= 0.6 is 11.6 Å². The number of aromatic nitrogens is 2. The van der Waals surface area contributed by atoms with E-state index in [0.717, 1.165) is 56.7 Å². The van der Waals surface area contributed by atoms with E-state index in [1.165, 1.54) is 18.3 Å². The van der Waals surface area contributed by atoms with Crippen LogP contribution in [0.25, 0.3) is 22.0 Å². The van der Waals surface area contributed by atoms with Crippen LogP contribution in [0.15, 0.2) is 47.5 Å². The first-order chi connectivity index (χ1) is 20.5. The van der Waals surface area contributed by atoms with Gasteiger partial charge in [0.15, 0.2) is 5.82 Å². The highest BCUT2D eigenvalue weighted by molar-refractivity contribution is 7.92. The minimum absolute atomic E-state index is 0.0121. The van der Waals surface area contributed by atoms with Crippen molar-refractivity contribution in [3.63, 3.8) is 0 Å². The minimum atomic E-state index is -4.52. The summed E-state index contributed by atoms with van der Waals surface area (Å²) in [5, 5.41) is 13.5. The molecule has 4 aromatic rings. The fourth-order valence-electron chi connectivity index (χ4n) is 5.43. The Labute approximate surface area is 250 Å². The van der Waals surface area contributed by atoms with Gasteiger partial charge in [-0.05, 0) is 61.3 Å². The molecule has 0 unspecified atom stereocenters. The third-order valence-corrected chi connectivity index (χ3v) is 9.30. The SMILES string of the molecule is CCN1CCC(Nc2ncc3cc(-c4c(F)ccc(NS(=O)(=O)c5cc(Cl)cc6c5OC[C@H]6O)c4F)cc(F)c3n2)CC1. The van der Waals surface area contributed by atoms with Crippen molar-refractivity contribution in [1.82, 2.24) is 14.9 Å². The highest BCUT2D eigenvalue weighted by Crippen LogP contribution is 2.41. The van der Waals surface area contributed by atoms with Crippen LogP contribution in [0.1, 0.15) is 31.4 Å². The van der Waals surface area contributed by atoms with E-state index in [4.69, 9.17) is 16.3 Å². The molecule has 3 aromatic carbocycles. The molecule has 0 spiro atoms. The number of nitrogens with zero attached hydrogens (tertiary/aromatic N) is 3. The van der Waals surface area contributed by atoms with Crippen molar-refractivity contribution in [2.24, 2.45) is 0 Å². The molecule has 1 saturated heterocycles. The Morgan fingerprint density at radius 2 is 1.88 bits per heavy atom. The number of nitrogens with one attached hydrogen (secondary N) is 2. The van der Waals surface area contributed by atoms with Crippen molar-refractivity contribution in [2.75, 3.05) is 36.3 Å². The fourth-order valence-corrected chi connectivity index (χ4v) is 6.98. The summed E-state index contributed by atoms with van der Waals surface area (Å²) in [6, 6.07) is 6.67. The number of hydrogen-bond acceptors (Lipinski definition) is 8. The summed E-state index contributed by atoms with van der Waals surface area (Å²) in [4.78, 5) is 10.5. The van der Waals surface area contributed by atoms with Crippen molar-refractivity contribution in [1.29, 1.82) is 0 Å². The van der Waals surface area contributed by atoms with Gasteiger partial charge in [-0.15, -0.1) is 0 Å². The van der Waals surface area contributed by atoms with E-state index in [0.29, 0.717) is 0 Å². The molecule has 0 saturated carbocycles. The third-order valence-electron chi connectivity index (χ3n) is 7.71. The molecule has 2 aliphatic rings. The molecule has 14 heteroatoms. The van der Waals surface area contributed by atoms with Gasteiger partial charge in [0.25, 0.3) is 10.0 Å². The molecule has 0 aliphatic carbocycles. The number of piperidine rings is 1. The van der Waals surface area contributed by atoms with Gasteiger partial charge in [0, 0.05) is 41.3 Å². The van der Waals surface area contributed by atoms with Gasteiger partial charge in [-0.25, -0.2) is 31.6 Å². The molecule has 226 valence electrons. The van der Waals surface area contributed by atoms with E-state index in [2.05, 4.69) is 31.8 Å². The quantitative estimate of drug-likeness (QED) is 0.245. The first-order valence-corrected chi connectivity index (χ1v) is 15.5. The molecule has 3 heterocycles. The Morgan fingerprint density at radius 1 is 1.12 bits per heavy atom. The molecule has 0 bridgehead atoms. The number of ether oxygens (including phenoxy) is 1. The number of benzene rings is 3. The van der Waals surface area contributed by atoms with Gasteiger partial charge in [0.1, 0.15) is 40.5 Å². The molecular weight excluding hydrogens is 607 g/mol. The number of aliphatic hydroxyl groups is 1. The average molecular weight is 634 g/mol. The summed E-state index contributed by atoms with van der Waals surface area (Å²) in [6.45, 7) is 4.78. The molecule has 6 rings (SSSR count). The Morgan fingerprint density at radius 3 is 2.63 bits per heavy atom. The minimum Gasteiger partial charge on any atom is -0.489 e. The van der Waals surface area contributed by atoms with E-state index < -0.39 is 49.7 Å². The van der Waals surface area contributed by atoms with Gasteiger partial charge in [0.05, 0.1) is 11.3 Å². The van der Waals surface area contributed by atoms with Gasteiger partial charge >= 0.3 is 0 Å². The van der Waals surface area contributed by atoms with E-state index in [-0.39, 0.29) is 51.4 Å². The number of sulfonamides is 1. The molecular formula is C29H27ClF3N5O4S. The molecule has 43 heavy (non-hydrogen) atoms. The van der Waals surface area contributed by atoms with Gasteiger partial charge in [-0.2, -0.15) is 0 Å². The number of hydrogen-bond donors (Lipinski definition) is 3. The first-order valence-electron chi connectivity index (χ1n) is 13.6. The Bertz CT molecular complexity index is 1840. The summed E-state index contributed by atoms with van der Waals surface area (Å²) in [6.07, 6.45) is 2.07. The second kappa shape index (κ2) is 11.5. The topological polar surface area (TPSA) is 117 Å². The number of rotatable bonds is 7. The average Bonchev–Trinajstić information content (AvgIpc) is 3.35. The van der Waals surface area contributed by atoms with Crippen molar-refractivity contribution < 1.29 is 31.4 Å². The van der Waals surface area contributed by atoms with Crippen molar-refractivity contribution in [2.45, 2.75) is 36.8 Å². The lowest BCUT2D eigenvalue weighted by atomic mass is 10.0. The standard InChI is InChI=1S/C29H27ClF3N5O4S/c1-2-38-7-5-18(6-8-38)35-29-34-13-16-9-15(10-21(32)27(16)36-29)25-20(31)3-4-22(26(25)33)37-43(40,41)24-12-17(30)11-19-23(39)14-42-28(19)24/h3-4,9-13,18,23,37,39H,2,5-8,14H2,1H3,(H,34,35,36)/t23-/m1/s1. The monoisotopic (exact) mass is 633 g/mol. The molecule has 1 atom stereocenters. The van der Waals surface area contributed by atoms with Gasteiger partial charge in [-0.1, -0.05) is 18.5 Å². The first kappa shape index (κ1) is 29.4. The lowest BCUT2D eigenvalue weighted by Crippen LogP contribution is -2.39. The van der Waals surface area contributed by atoms with E-state index >= 15 is 13.2 Å². The van der Waals surface area contributed by atoms with Gasteiger partial charge < -0.3 is 20.1 Å². The lowest BCUT2D eigenvalue weighted by molar-refractivity contribution is 0.140. The number of anilines is 2. The Hall–Kier alpha value is -3.65. The van der Waals surface area contributed by atoms with Crippen LogP contribution in [0.4, 0.5) is 24.8 Å². The zero-order valence-corrected chi connectivity index (χ0v) is 24.4. The van der Waals surface area contributed by atoms with Crippen LogP contribution in [0.5, 0.6) is 5.75 Å². The van der Waals surface area contributed by atoms with Crippen molar-refractivity contribution in [3.05, 3.63) is 70.6 Å². The van der Waals surface area contributed by atoms with Crippen LogP contribution in [-0.2, 0) is 10.0 Å². The smallest absolute Gasteiger partial charge is 0.265 e. The maximum absolute atomic E-state index is 15.8. The number of likely N-dealkylation sites (tertiary alicyclic amines) is 1. The fraction of sp³-hybridized carbons (Fsp3) is 0.310. The molecule has 3 N–H and O–H groups in total. The number of fused-ring (bicyclic) bond motifs is 2. The number of halogens is 4. The molecule has 9 nitrogen and oxygen atoms in total. The van der Waals surface area contributed by atoms with Crippen LogP contribution in [-0.4, -0.2) is 60.7 Å².